The lowest BCUT2D eigenvalue weighted by molar-refractivity contribution is -0.133. The van der Waals surface area contributed by atoms with E-state index in [1.807, 2.05) is 21.3 Å². The van der Waals surface area contributed by atoms with E-state index in [-0.39, 0.29) is 23.9 Å². The number of nitrogens with zero attached hydrogens (tertiary/aromatic N) is 4. The Labute approximate surface area is 156 Å². The number of aromatic amines is 1. The monoisotopic (exact) mass is 375 g/mol. The van der Waals surface area contributed by atoms with Crippen LogP contribution in [0, 0.1) is 0 Å². The van der Waals surface area contributed by atoms with Gasteiger partial charge in [-0.25, -0.2) is 4.98 Å². The maximum atomic E-state index is 12.9. The molecule has 2 aliphatic rings. The molecule has 2 amide bonds. The number of hydrogen-bond acceptors (Lipinski definition) is 3. The van der Waals surface area contributed by atoms with E-state index in [0.29, 0.717) is 43.2 Å². The molecule has 4 rings (SSSR count). The zero-order valence-electron chi connectivity index (χ0n) is 14.7. The molecule has 4 heterocycles. The Morgan fingerprint density at radius 2 is 2.08 bits per heavy atom. The highest BCUT2D eigenvalue weighted by molar-refractivity contribution is 6.31. The van der Waals surface area contributed by atoms with Crippen LogP contribution in [0.15, 0.2) is 24.7 Å². The van der Waals surface area contributed by atoms with Crippen molar-refractivity contribution in [2.45, 2.75) is 44.8 Å². The zero-order chi connectivity index (χ0) is 18.3. The summed E-state index contributed by atoms with van der Waals surface area (Å²) in [6.07, 6.45) is 7.16. The van der Waals surface area contributed by atoms with Gasteiger partial charge in [0.15, 0.2) is 0 Å². The number of likely N-dealkylation sites (tertiary alicyclic amines) is 2. The van der Waals surface area contributed by atoms with Gasteiger partial charge < -0.3 is 19.4 Å². The van der Waals surface area contributed by atoms with E-state index in [0.717, 1.165) is 12.2 Å². The molecule has 0 aromatic carbocycles. The number of aryl methyl sites for hydroxylation is 2. The highest BCUT2D eigenvalue weighted by Gasteiger charge is 2.47. The molecule has 2 atom stereocenters. The predicted octanol–water partition coefficient (Wildman–Crippen LogP) is 1.94. The minimum atomic E-state index is 0.00827. The van der Waals surface area contributed by atoms with E-state index in [9.17, 15) is 9.59 Å². The van der Waals surface area contributed by atoms with Crippen LogP contribution in [-0.4, -0.2) is 61.3 Å². The average Bonchev–Trinajstić information content (AvgIpc) is 3.41. The number of rotatable bonds is 5. The Balaban J connectivity index is 1.38. The molecule has 2 bridgehead atoms. The number of imidazole rings is 1. The van der Waals surface area contributed by atoms with Gasteiger partial charge in [-0.3, -0.25) is 9.59 Å². The second kappa shape index (κ2) is 6.79. The molecular formula is C18H22ClN5O2. The number of H-pyrrole nitrogens is 1. The Morgan fingerprint density at radius 3 is 2.73 bits per heavy atom. The van der Waals surface area contributed by atoms with Crippen molar-refractivity contribution in [1.82, 2.24) is 24.3 Å². The second-order valence-electron chi connectivity index (χ2n) is 6.91. The first-order valence-corrected chi connectivity index (χ1v) is 9.39. The van der Waals surface area contributed by atoms with Gasteiger partial charge in [-0.05, 0) is 19.4 Å². The van der Waals surface area contributed by atoms with Crippen LogP contribution in [0.3, 0.4) is 0 Å². The van der Waals surface area contributed by atoms with Gasteiger partial charge in [-0.15, -0.1) is 0 Å². The van der Waals surface area contributed by atoms with Gasteiger partial charge in [-0.2, -0.15) is 0 Å². The van der Waals surface area contributed by atoms with E-state index >= 15 is 0 Å². The van der Waals surface area contributed by atoms with Crippen molar-refractivity contribution in [1.29, 1.82) is 0 Å². The Bertz CT molecular complexity index is 816. The van der Waals surface area contributed by atoms with Crippen molar-refractivity contribution >= 4 is 23.4 Å². The van der Waals surface area contributed by atoms with Crippen molar-refractivity contribution in [3.8, 4) is 0 Å². The summed E-state index contributed by atoms with van der Waals surface area (Å²) in [7, 11) is 0. The van der Waals surface area contributed by atoms with Gasteiger partial charge in [0.05, 0.1) is 17.1 Å². The van der Waals surface area contributed by atoms with Crippen molar-refractivity contribution in [3.63, 3.8) is 0 Å². The average molecular weight is 376 g/mol. The van der Waals surface area contributed by atoms with Gasteiger partial charge in [0, 0.05) is 51.1 Å². The number of piperazine rings is 1. The molecule has 0 aliphatic carbocycles. The number of halogens is 1. The molecule has 1 N–H and O–H groups in total. The second-order valence-corrected chi connectivity index (χ2v) is 7.35. The van der Waals surface area contributed by atoms with Crippen molar-refractivity contribution in [2.24, 2.45) is 0 Å². The van der Waals surface area contributed by atoms with Gasteiger partial charge in [0.1, 0.15) is 11.5 Å². The van der Waals surface area contributed by atoms with E-state index in [1.165, 1.54) is 0 Å². The summed E-state index contributed by atoms with van der Waals surface area (Å²) in [5.41, 5.74) is 0.626. The molecule has 138 valence electrons. The third-order valence-corrected chi connectivity index (χ3v) is 5.58. The fourth-order valence-electron chi connectivity index (χ4n) is 4.09. The lowest BCUT2D eigenvalue weighted by Crippen LogP contribution is -2.51. The first-order valence-electron chi connectivity index (χ1n) is 9.01. The van der Waals surface area contributed by atoms with Crippen LogP contribution >= 0.6 is 11.6 Å². The third kappa shape index (κ3) is 3.00. The molecule has 26 heavy (non-hydrogen) atoms. The van der Waals surface area contributed by atoms with Crippen LogP contribution in [0.1, 0.15) is 36.1 Å². The molecule has 2 aliphatic heterocycles. The molecule has 8 heteroatoms. The fourth-order valence-corrected chi connectivity index (χ4v) is 4.31. The topological polar surface area (TPSA) is 74.2 Å². The zero-order valence-corrected chi connectivity index (χ0v) is 15.4. The molecule has 0 spiro atoms. The van der Waals surface area contributed by atoms with Crippen LogP contribution < -0.4 is 0 Å². The summed E-state index contributed by atoms with van der Waals surface area (Å²) in [6, 6.07) is 1.94. The molecule has 0 radical (unpaired) electrons. The molecule has 2 saturated heterocycles. The first-order chi connectivity index (χ1) is 12.6. The standard InChI is InChI=1S/C18H22ClN5O2/c1-2-22-9-12(19)7-15(22)18(26)24-11-13-8-14(24)10-23(13)17(25)4-3-16-20-5-6-21-16/h5-7,9,13-14H,2-4,8,10-11H2,1H3,(H,20,21)/t13-,14-/m0/s1. The lowest BCUT2D eigenvalue weighted by atomic mass is 10.2. The number of hydrogen-bond donors (Lipinski definition) is 1. The van der Waals surface area contributed by atoms with E-state index in [4.69, 9.17) is 11.6 Å². The van der Waals surface area contributed by atoms with Crippen LogP contribution in [-0.2, 0) is 17.8 Å². The smallest absolute Gasteiger partial charge is 0.270 e. The summed E-state index contributed by atoms with van der Waals surface area (Å²) in [4.78, 5) is 36.5. The van der Waals surface area contributed by atoms with E-state index in [2.05, 4.69) is 9.97 Å². The number of nitrogens with one attached hydrogen (secondary N) is 1. The lowest BCUT2D eigenvalue weighted by Gasteiger charge is -2.34. The highest BCUT2D eigenvalue weighted by Crippen LogP contribution is 2.33. The number of carbonyl (C=O) groups is 2. The van der Waals surface area contributed by atoms with Crippen LogP contribution in [0.25, 0.3) is 0 Å². The minimum Gasteiger partial charge on any atom is -0.349 e. The molecule has 2 aromatic rings. The number of amides is 2. The molecule has 2 aromatic heterocycles. The first kappa shape index (κ1) is 17.1. The maximum absolute atomic E-state index is 12.9. The Morgan fingerprint density at radius 1 is 1.31 bits per heavy atom. The van der Waals surface area contributed by atoms with Crippen molar-refractivity contribution in [3.05, 3.63) is 41.2 Å². The number of fused-ring (bicyclic) bond motifs is 2. The summed E-state index contributed by atoms with van der Waals surface area (Å²) < 4.78 is 1.88. The summed E-state index contributed by atoms with van der Waals surface area (Å²) in [5, 5.41) is 0.578. The van der Waals surface area contributed by atoms with Gasteiger partial charge in [0.2, 0.25) is 5.91 Å². The van der Waals surface area contributed by atoms with Gasteiger partial charge in [-0.1, -0.05) is 11.6 Å². The Hall–Kier alpha value is -2.28. The van der Waals surface area contributed by atoms with Crippen LogP contribution in [0.2, 0.25) is 5.02 Å². The van der Waals surface area contributed by atoms with Crippen LogP contribution in [0.5, 0.6) is 0 Å². The summed E-state index contributed by atoms with van der Waals surface area (Å²) in [6.45, 7) is 3.91. The quantitative estimate of drug-likeness (QED) is 0.867. The van der Waals surface area contributed by atoms with Crippen molar-refractivity contribution < 1.29 is 9.59 Å². The van der Waals surface area contributed by atoms with E-state index in [1.54, 1.807) is 24.7 Å². The number of aromatic nitrogens is 3. The molecule has 7 nitrogen and oxygen atoms in total. The van der Waals surface area contributed by atoms with Crippen LogP contribution in [0.4, 0.5) is 0 Å². The third-order valence-electron chi connectivity index (χ3n) is 5.38. The SMILES string of the molecule is CCn1cc(Cl)cc1C(=O)N1C[C@@H]2C[C@H]1CN2C(=O)CCc1ncc[nH]1. The predicted molar refractivity (Wildman–Crippen MR) is 97.0 cm³/mol. The highest BCUT2D eigenvalue weighted by atomic mass is 35.5. The fraction of sp³-hybridized carbons (Fsp3) is 0.500. The molecular weight excluding hydrogens is 354 g/mol. The maximum Gasteiger partial charge on any atom is 0.270 e. The molecule has 0 saturated carbocycles. The van der Waals surface area contributed by atoms with Gasteiger partial charge in [0.25, 0.3) is 5.91 Å². The van der Waals surface area contributed by atoms with E-state index < -0.39 is 0 Å². The van der Waals surface area contributed by atoms with Crippen molar-refractivity contribution in [2.75, 3.05) is 13.1 Å². The molecule has 2 fully saturated rings. The Kier molecular flexibility index (Phi) is 4.48. The largest absolute Gasteiger partial charge is 0.349 e. The number of carbonyl (C=O) groups excluding carboxylic acids is 2. The van der Waals surface area contributed by atoms with Gasteiger partial charge >= 0.3 is 0 Å². The minimum absolute atomic E-state index is 0.00827. The normalized spacial score (nSPS) is 21.6. The summed E-state index contributed by atoms with van der Waals surface area (Å²) in [5.74, 6) is 0.978. The summed E-state index contributed by atoms with van der Waals surface area (Å²) >= 11 is 6.06. The molecule has 0 unspecified atom stereocenters.